The average molecular weight is 284 g/mol. The molecule has 0 amide bonds. The van der Waals surface area contributed by atoms with Gasteiger partial charge in [-0.05, 0) is 53.3 Å². The minimum absolute atomic E-state index is 0.211. The van der Waals surface area contributed by atoms with E-state index in [1.165, 1.54) is 6.07 Å². The quantitative estimate of drug-likeness (QED) is 0.758. The SMILES string of the molecule is Cc1cc(OC(F)F)ccc1I. The maximum absolute atomic E-state index is 11.7. The van der Waals surface area contributed by atoms with Gasteiger partial charge in [0.05, 0.1) is 0 Å². The molecule has 1 nitrogen and oxygen atoms in total. The van der Waals surface area contributed by atoms with Gasteiger partial charge in [-0.2, -0.15) is 8.78 Å². The van der Waals surface area contributed by atoms with Crippen molar-refractivity contribution >= 4 is 22.6 Å². The van der Waals surface area contributed by atoms with Crippen molar-refractivity contribution in [2.45, 2.75) is 13.5 Å². The van der Waals surface area contributed by atoms with Crippen LogP contribution in [0.5, 0.6) is 5.75 Å². The van der Waals surface area contributed by atoms with Gasteiger partial charge in [-0.15, -0.1) is 0 Å². The van der Waals surface area contributed by atoms with E-state index < -0.39 is 6.61 Å². The van der Waals surface area contributed by atoms with Crippen molar-refractivity contribution in [2.75, 3.05) is 0 Å². The van der Waals surface area contributed by atoms with Crippen LogP contribution in [0, 0.1) is 10.5 Å². The highest BCUT2D eigenvalue weighted by molar-refractivity contribution is 14.1. The molecule has 1 aromatic rings. The number of aryl methyl sites for hydroxylation is 1. The number of hydrogen-bond acceptors (Lipinski definition) is 1. The van der Waals surface area contributed by atoms with Crippen LogP contribution in [0.15, 0.2) is 18.2 Å². The summed E-state index contributed by atoms with van der Waals surface area (Å²) in [5.41, 5.74) is 0.939. The summed E-state index contributed by atoms with van der Waals surface area (Å²) in [5, 5.41) is 0. The second-order valence-electron chi connectivity index (χ2n) is 2.29. The minimum Gasteiger partial charge on any atom is -0.435 e. The molecule has 66 valence electrons. The van der Waals surface area contributed by atoms with Gasteiger partial charge in [0, 0.05) is 3.57 Å². The molecule has 0 spiro atoms. The number of benzene rings is 1. The Morgan fingerprint density at radius 2 is 2.08 bits per heavy atom. The molecule has 0 unspecified atom stereocenters. The summed E-state index contributed by atoms with van der Waals surface area (Å²) in [4.78, 5) is 0. The van der Waals surface area contributed by atoms with Gasteiger partial charge in [-0.25, -0.2) is 0 Å². The Labute approximate surface area is 82.9 Å². The maximum Gasteiger partial charge on any atom is 0.387 e. The molecule has 0 aromatic heterocycles. The van der Waals surface area contributed by atoms with Gasteiger partial charge < -0.3 is 4.74 Å². The van der Waals surface area contributed by atoms with Gasteiger partial charge >= 0.3 is 6.61 Å². The molecule has 0 aliphatic rings. The van der Waals surface area contributed by atoms with Crippen molar-refractivity contribution < 1.29 is 13.5 Å². The van der Waals surface area contributed by atoms with Crippen molar-refractivity contribution in [3.63, 3.8) is 0 Å². The van der Waals surface area contributed by atoms with Crippen molar-refractivity contribution in [1.82, 2.24) is 0 Å². The number of alkyl halides is 2. The van der Waals surface area contributed by atoms with E-state index in [0.717, 1.165) is 9.13 Å². The smallest absolute Gasteiger partial charge is 0.387 e. The highest BCUT2D eigenvalue weighted by atomic mass is 127. The minimum atomic E-state index is -2.75. The standard InChI is InChI=1S/C8H7F2IO/c1-5-4-6(12-8(9)10)2-3-7(5)11/h2-4,8H,1H3. The van der Waals surface area contributed by atoms with Crippen molar-refractivity contribution in [3.8, 4) is 5.75 Å². The molecule has 0 atom stereocenters. The lowest BCUT2D eigenvalue weighted by atomic mass is 10.2. The number of rotatable bonds is 2. The molecule has 0 bridgehead atoms. The summed E-state index contributed by atoms with van der Waals surface area (Å²) >= 11 is 2.13. The van der Waals surface area contributed by atoms with Gasteiger partial charge in [0.1, 0.15) is 5.75 Å². The lowest BCUT2D eigenvalue weighted by molar-refractivity contribution is -0.0498. The van der Waals surface area contributed by atoms with E-state index >= 15 is 0 Å². The van der Waals surface area contributed by atoms with Crippen LogP contribution in [0.1, 0.15) is 5.56 Å². The lowest BCUT2D eigenvalue weighted by Crippen LogP contribution is -2.01. The fraction of sp³-hybridized carbons (Fsp3) is 0.250. The molecular formula is C8H7F2IO. The first kappa shape index (κ1) is 9.70. The average Bonchev–Trinajstić information content (AvgIpc) is 1.96. The lowest BCUT2D eigenvalue weighted by Gasteiger charge is -2.05. The van der Waals surface area contributed by atoms with Crippen LogP contribution in [0.2, 0.25) is 0 Å². The van der Waals surface area contributed by atoms with E-state index in [9.17, 15) is 8.78 Å². The zero-order valence-corrected chi connectivity index (χ0v) is 8.51. The van der Waals surface area contributed by atoms with Crippen LogP contribution in [-0.4, -0.2) is 6.61 Å². The molecule has 0 aliphatic heterocycles. The second kappa shape index (κ2) is 4.02. The summed E-state index contributed by atoms with van der Waals surface area (Å²) in [6.07, 6.45) is 0. The molecule has 0 fully saturated rings. The molecule has 1 rings (SSSR count). The maximum atomic E-state index is 11.7. The summed E-state index contributed by atoms with van der Waals surface area (Å²) in [6, 6.07) is 4.86. The molecule has 1 aromatic carbocycles. The molecule has 0 heterocycles. The summed E-state index contributed by atoms with van der Waals surface area (Å²) in [7, 11) is 0. The van der Waals surface area contributed by atoms with E-state index in [-0.39, 0.29) is 5.75 Å². The van der Waals surface area contributed by atoms with E-state index in [0.29, 0.717) is 0 Å². The Bertz CT molecular complexity index is 276. The Morgan fingerprint density at radius 1 is 1.42 bits per heavy atom. The molecule has 0 N–H and O–H groups in total. The highest BCUT2D eigenvalue weighted by Crippen LogP contribution is 2.19. The first-order valence-corrected chi connectivity index (χ1v) is 4.38. The van der Waals surface area contributed by atoms with Gasteiger partial charge in [0.25, 0.3) is 0 Å². The predicted octanol–water partition coefficient (Wildman–Crippen LogP) is 3.20. The summed E-state index contributed by atoms with van der Waals surface area (Å²) in [5.74, 6) is 0.211. The van der Waals surface area contributed by atoms with E-state index in [1.807, 2.05) is 6.92 Å². The van der Waals surface area contributed by atoms with E-state index in [2.05, 4.69) is 27.3 Å². The molecular weight excluding hydrogens is 277 g/mol. The Morgan fingerprint density at radius 3 is 2.58 bits per heavy atom. The zero-order chi connectivity index (χ0) is 9.14. The van der Waals surface area contributed by atoms with Gasteiger partial charge in [-0.1, -0.05) is 0 Å². The topological polar surface area (TPSA) is 9.23 Å². The first-order chi connectivity index (χ1) is 5.59. The Balaban J connectivity index is 2.82. The van der Waals surface area contributed by atoms with Crippen LogP contribution >= 0.6 is 22.6 Å². The van der Waals surface area contributed by atoms with E-state index in [4.69, 9.17) is 0 Å². The van der Waals surface area contributed by atoms with Crippen molar-refractivity contribution in [1.29, 1.82) is 0 Å². The van der Waals surface area contributed by atoms with Crippen LogP contribution in [0.4, 0.5) is 8.78 Å². The third-order valence-electron chi connectivity index (χ3n) is 1.35. The molecule has 4 heteroatoms. The van der Waals surface area contributed by atoms with Crippen LogP contribution in [0.3, 0.4) is 0 Å². The number of ether oxygens (including phenoxy) is 1. The monoisotopic (exact) mass is 284 g/mol. The zero-order valence-electron chi connectivity index (χ0n) is 6.35. The highest BCUT2D eigenvalue weighted by Gasteiger charge is 2.04. The Kier molecular flexibility index (Phi) is 3.25. The third-order valence-corrected chi connectivity index (χ3v) is 2.56. The fourth-order valence-corrected chi connectivity index (χ4v) is 1.13. The van der Waals surface area contributed by atoms with Crippen molar-refractivity contribution in [3.05, 3.63) is 27.3 Å². The van der Waals surface area contributed by atoms with Gasteiger partial charge in [0.15, 0.2) is 0 Å². The largest absolute Gasteiger partial charge is 0.435 e. The number of halogens is 3. The van der Waals surface area contributed by atoms with Crippen molar-refractivity contribution in [2.24, 2.45) is 0 Å². The first-order valence-electron chi connectivity index (χ1n) is 3.30. The Hall–Kier alpha value is -0.390. The molecule has 0 saturated heterocycles. The van der Waals surface area contributed by atoms with Crippen LogP contribution < -0.4 is 4.74 Å². The normalized spacial score (nSPS) is 10.4. The summed E-state index contributed by atoms with van der Waals surface area (Å²) < 4.78 is 28.7. The van der Waals surface area contributed by atoms with Crippen LogP contribution in [-0.2, 0) is 0 Å². The molecule has 0 saturated carbocycles. The third kappa shape index (κ3) is 2.58. The molecule has 0 aliphatic carbocycles. The van der Waals surface area contributed by atoms with Gasteiger partial charge in [0.2, 0.25) is 0 Å². The summed E-state index contributed by atoms with van der Waals surface area (Å²) in [6.45, 7) is -0.899. The van der Waals surface area contributed by atoms with E-state index in [1.54, 1.807) is 12.1 Å². The van der Waals surface area contributed by atoms with Gasteiger partial charge in [-0.3, -0.25) is 0 Å². The molecule has 12 heavy (non-hydrogen) atoms. The van der Waals surface area contributed by atoms with Crippen LogP contribution in [0.25, 0.3) is 0 Å². The predicted molar refractivity (Wildman–Crippen MR) is 50.5 cm³/mol. The molecule has 0 radical (unpaired) electrons. The number of hydrogen-bond donors (Lipinski definition) is 0. The second-order valence-corrected chi connectivity index (χ2v) is 3.45. The fourth-order valence-electron chi connectivity index (χ4n) is 0.793.